The summed E-state index contributed by atoms with van der Waals surface area (Å²) in [6, 6.07) is 28.1. The maximum absolute atomic E-state index is 11.1. The average molecular weight is 539 g/mol. The summed E-state index contributed by atoms with van der Waals surface area (Å²) in [5.41, 5.74) is 7.23. The van der Waals surface area contributed by atoms with Gasteiger partial charge in [0.05, 0.1) is 26.4 Å². The maximum Gasteiger partial charge on any atom is 0.128 e. The fourth-order valence-corrected chi connectivity index (χ4v) is 4.63. The minimum absolute atomic E-state index is 0.0721. The van der Waals surface area contributed by atoms with Crippen molar-refractivity contribution >= 4 is 0 Å². The van der Waals surface area contributed by atoms with Gasteiger partial charge in [0.25, 0.3) is 0 Å². The van der Waals surface area contributed by atoms with Crippen LogP contribution in [-0.2, 0) is 33.5 Å². The van der Waals surface area contributed by atoms with Crippen molar-refractivity contribution < 1.29 is 19.7 Å². The molecule has 0 amide bonds. The first-order chi connectivity index (χ1) is 18.9. The Morgan fingerprint density at radius 2 is 0.875 bits per heavy atom. The van der Waals surface area contributed by atoms with Crippen LogP contribution in [0, 0.1) is 0 Å². The lowest BCUT2D eigenvalue weighted by atomic mass is 9.84. The van der Waals surface area contributed by atoms with Gasteiger partial charge >= 0.3 is 0 Å². The Hall–Kier alpha value is -3.60. The molecule has 0 radical (unpaired) electrons. The van der Waals surface area contributed by atoms with E-state index in [1.807, 2.05) is 72.8 Å². The number of hydrogen-bond donors (Lipinski definition) is 2. The molecule has 0 aliphatic heterocycles. The van der Waals surface area contributed by atoms with Crippen molar-refractivity contribution in [1.29, 1.82) is 0 Å². The summed E-state index contributed by atoms with van der Waals surface area (Å²) in [4.78, 5) is 0. The highest BCUT2D eigenvalue weighted by atomic mass is 16.5. The van der Waals surface area contributed by atoms with Crippen molar-refractivity contribution in [2.75, 3.05) is 13.2 Å². The van der Waals surface area contributed by atoms with Crippen molar-refractivity contribution in [2.45, 2.75) is 65.6 Å². The monoisotopic (exact) mass is 538 g/mol. The zero-order valence-electron chi connectivity index (χ0n) is 24.6. The minimum Gasteiger partial charge on any atom is -0.507 e. The quantitative estimate of drug-likeness (QED) is 0.209. The molecule has 0 unspecified atom stereocenters. The molecular formula is C36H42O4. The Bertz CT molecular complexity index is 1300. The lowest BCUT2D eigenvalue weighted by molar-refractivity contribution is 0.0328. The van der Waals surface area contributed by atoms with Crippen LogP contribution in [0.4, 0.5) is 0 Å². The molecule has 4 rings (SSSR count). The molecule has 0 aliphatic rings. The van der Waals surface area contributed by atoms with Gasteiger partial charge in [-0.05, 0) is 57.3 Å². The van der Waals surface area contributed by atoms with Crippen molar-refractivity contribution in [1.82, 2.24) is 0 Å². The van der Waals surface area contributed by atoms with E-state index in [4.69, 9.17) is 9.47 Å². The Morgan fingerprint density at radius 1 is 0.525 bits per heavy atom. The third kappa shape index (κ3) is 7.12. The van der Waals surface area contributed by atoms with Crippen LogP contribution >= 0.6 is 0 Å². The summed E-state index contributed by atoms with van der Waals surface area (Å²) < 4.78 is 11.9. The summed E-state index contributed by atoms with van der Waals surface area (Å²) in [7, 11) is 0. The molecule has 0 spiro atoms. The van der Waals surface area contributed by atoms with E-state index in [1.54, 1.807) is 0 Å². The number of benzene rings is 4. The molecule has 0 saturated carbocycles. The van der Waals surface area contributed by atoms with Crippen LogP contribution in [-0.4, -0.2) is 23.4 Å². The van der Waals surface area contributed by atoms with E-state index in [0.29, 0.717) is 13.2 Å². The normalized spacial score (nSPS) is 12.1. The third-order valence-electron chi connectivity index (χ3n) is 7.17. The van der Waals surface area contributed by atoms with Gasteiger partial charge in [0, 0.05) is 22.3 Å². The van der Waals surface area contributed by atoms with Gasteiger partial charge in [-0.25, -0.2) is 0 Å². The summed E-state index contributed by atoms with van der Waals surface area (Å²) in [6.45, 7) is 14.3. The summed E-state index contributed by atoms with van der Waals surface area (Å²) in [5.74, 6) is 0.495. The van der Waals surface area contributed by atoms with E-state index in [-0.39, 0.29) is 35.5 Å². The Kier molecular flexibility index (Phi) is 9.02. The summed E-state index contributed by atoms with van der Waals surface area (Å²) in [5, 5.41) is 22.2. The molecule has 4 nitrogen and oxygen atoms in total. The first-order valence-corrected chi connectivity index (χ1v) is 13.9. The van der Waals surface area contributed by atoms with Crippen LogP contribution in [0.2, 0.25) is 0 Å². The second-order valence-corrected chi connectivity index (χ2v) is 12.4. The largest absolute Gasteiger partial charge is 0.507 e. The van der Waals surface area contributed by atoms with Gasteiger partial charge in [-0.1, -0.05) is 102 Å². The molecule has 0 aliphatic carbocycles. The second-order valence-electron chi connectivity index (χ2n) is 12.4. The minimum atomic E-state index is -0.0721. The van der Waals surface area contributed by atoms with Gasteiger partial charge < -0.3 is 19.7 Å². The molecule has 40 heavy (non-hydrogen) atoms. The van der Waals surface area contributed by atoms with E-state index in [1.165, 1.54) is 0 Å². The number of aromatic hydroxyl groups is 2. The molecule has 0 fully saturated rings. The first kappa shape index (κ1) is 29.4. The molecule has 0 atom stereocenters. The van der Waals surface area contributed by atoms with Gasteiger partial charge in [-0.2, -0.15) is 0 Å². The highest BCUT2D eigenvalue weighted by Crippen LogP contribution is 2.39. The third-order valence-corrected chi connectivity index (χ3v) is 7.17. The number of phenols is 2. The molecule has 0 heterocycles. The van der Waals surface area contributed by atoms with E-state index >= 15 is 0 Å². The predicted molar refractivity (Wildman–Crippen MR) is 164 cm³/mol. The number of ether oxygens (including phenoxy) is 2. The van der Waals surface area contributed by atoms with Crippen LogP contribution in [0.15, 0.2) is 84.9 Å². The molecule has 4 heteroatoms. The molecule has 0 bridgehead atoms. The lowest BCUT2D eigenvalue weighted by Gasteiger charge is -2.23. The average Bonchev–Trinajstić information content (AvgIpc) is 2.92. The van der Waals surface area contributed by atoms with E-state index < -0.39 is 0 Å². The van der Waals surface area contributed by atoms with Crippen molar-refractivity contribution in [3.63, 3.8) is 0 Å². The standard InChI is InChI=1S/C36H42O4/c1-35(2,3)29-19-27(33(37)31(21-29)25-13-9-7-10-14-25)23-39-17-18-40-24-28-20-30(36(4,5)6)22-32(34(28)38)26-15-11-8-12-16-26/h7-16,19-22,37-38H,17-18,23-24H2,1-6H3. The Morgan fingerprint density at radius 3 is 1.20 bits per heavy atom. The maximum atomic E-state index is 11.1. The lowest BCUT2D eigenvalue weighted by Crippen LogP contribution is -2.13. The molecule has 2 N–H and O–H groups in total. The van der Waals surface area contributed by atoms with Crippen molar-refractivity contribution in [3.05, 3.63) is 107 Å². The molecule has 4 aromatic carbocycles. The fraction of sp³-hybridized carbons (Fsp3) is 0.333. The van der Waals surface area contributed by atoms with E-state index in [0.717, 1.165) is 44.5 Å². The number of rotatable bonds is 9. The highest BCUT2D eigenvalue weighted by Gasteiger charge is 2.21. The summed E-state index contributed by atoms with van der Waals surface area (Å²) >= 11 is 0. The van der Waals surface area contributed by atoms with Gasteiger partial charge in [0.15, 0.2) is 0 Å². The number of hydrogen-bond acceptors (Lipinski definition) is 4. The Balaban J connectivity index is 1.43. The van der Waals surface area contributed by atoms with Crippen molar-refractivity contribution in [2.24, 2.45) is 0 Å². The van der Waals surface area contributed by atoms with Gasteiger partial charge in [0.1, 0.15) is 11.5 Å². The topological polar surface area (TPSA) is 58.9 Å². The predicted octanol–water partition coefficient (Wildman–Crippen LogP) is 8.76. The van der Waals surface area contributed by atoms with E-state index in [2.05, 4.69) is 53.7 Å². The van der Waals surface area contributed by atoms with Gasteiger partial charge in [-0.15, -0.1) is 0 Å². The highest BCUT2D eigenvalue weighted by molar-refractivity contribution is 5.74. The van der Waals surface area contributed by atoms with Crippen LogP contribution in [0.1, 0.15) is 63.8 Å². The van der Waals surface area contributed by atoms with Gasteiger partial charge in [0.2, 0.25) is 0 Å². The first-order valence-electron chi connectivity index (χ1n) is 13.9. The van der Waals surface area contributed by atoms with E-state index in [9.17, 15) is 10.2 Å². The molecule has 0 aromatic heterocycles. The van der Waals surface area contributed by atoms with Crippen LogP contribution in [0.25, 0.3) is 22.3 Å². The van der Waals surface area contributed by atoms with Crippen LogP contribution in [0.3, 0.4) is 0 Å². The summed E-state index contributed by atoms with van der Waals surface area (Å²) in [6.07, 6.45) is 0. The second kappa shape index (κ2) is 12.3. The Labute approximate surface area is 239 Å². The number of phenolic OH excluding ortho intramolecular Hbond substituents is 2. The van der Waals surface area contributed by atoms with Crippen LogP contribution in [0.5, 0.6) is 11.5 Å². The molecule has 0 saturated heterocycles. The zero-order chi connectivity index (χ0) is 28.9. The zero-order valence-corrected chi connectivity index (χ0v) is 24.6. The fourth-order valence-electron chi connectivity index (χ4n) is 4.63. The molecule has 210 valence electrons. The molecule has 4 aromatic rings. The van der Waals surface area contributed by atoms with Crippen molar-refractivity contribution in [3.8, 4) is 33.8 Å². The van der Waals surface area contributed by atoms with Crippen LogP contribution < -0.4 is 0 Å². The SMILES string of the molecule is CC(C)(C)c1cc(COCCOCc2cc(C(C)(C)C)cc(-c3ccccc3)c2O)c(O)c(-c2ccccc2)c1. The molecular weight excluding hydrogens is 496 g/mol. The smallest absolute Gasteiger partial charge is 0.128 e. The van der Waals surface area contributed by atoms with Gasteiger partial charge in [-0.3, -0.25) is 0 Å².